The maximum atomic E-state index is 9.30. The molecule has 0 fully saturated rings. The van der Waals surface area contributed by atoms with Crippen LogP contribution in [-0.4, -0.2) is 32.4 Å². The average molecular weight is 235 g/mol. The maximum absolute atomic E-state index is 9.30. The number of benzene rings is 1. The summed E-state index contributed by atoms with van der Waals surface area (Å²) in [5.41, 5.74) is 3.67. The summed E-state index contributed by atoms with van der Waals surface area (Å²) < 4.78 is 5.58. The van der Waals surface area contributed by atoms with E-state index in [-0.39, 0.29) is 12.5 Å². The Morgan fingerprint density at radius 1 is 1.47 bits per heavy atom. The van der Waals surface area contributed by atoms with Gasteiger partial charge in [0.05, 0.1) is 7.11 Å². The van der Waals surface area contributed by atoms with Crippen LogP contribution in [0.2, 0.25) is 0 Å². The first kappa shape index (κ1) is 12.2. The van der Waals surface area contributed by atoms with Gasteiger partial charge in [-0.15, -0.1) is 0 Å². The van der Waals surface area contributed by atoms with E-state index in [0.717, 1.165) is 30.7 Å². The molecular formula is C14H21NO2. The lowest BCUT2D eigenvalue weighted by atomic mass is 9.93. The van der Waals surface area contributed by atoms with Crippen LogP contribution < -0.4 is 9.64 Å². The van der Waals surface area contributed by atoms with Crippen molar-refractivity contribution in [1.82, 2.24) is 0 Å². The minimum atomic E-state index is 0.127. The van der Waals surface area contributed by atoms with Crippen molar-refractivity contribution in [3.8, 4) is 5.75 Å². The lowest BCUT2D eigenvalue weighted by molar-refractivity contribution is 0.269. The fraction of sp³-hybridized carbons (Fsp3) is 0.571. The smallest absolute Gasteiger partial charge is 0.127 e. The van der Waals surface area contributed by atoms with Crippen molar-refractivity contribution in [3.63, 3.8) is 0 Å². The van der Waals surface area contributed by atoms with E-state index >= 15 is 0 Å². The fourth-order valence-electron chi connectivity index (χ4n) is 2.58. The van der Waals surface area contributed by atoms with Crippen molar-refractivity contribution in [2.24, 2.45) is 0 Å². The maximum Gasteiger partial charge on any atom is 0.127 e. The molecule has 0 aromatic heterocycles. The summed E-state index contributed by atoms with van der Waals surface area (Å²) in [5.74, 6) is 1.10. The molecule has 3 nitrogen and oxygen atoms in total. The summed E-state index contributed by atoms with van der Waals surface area (Å²) in [4.78, 5) is 2.27. The zero-order valence-electron chi connectivity index (χ0n) is 10.9. The molecule has 1 unspecified atom stereocenters. The molecule has 0 saturated carbocycles. The number of rotatable bonds is 3. The normalized spacial score (nSPS) is 16.6. The number of aliphatic hydroxyl groups is 1. The van der Waals surface area contributed by atoms with E-state index in [0.29, 0.717) is 0 Å². The van der Waals surface area contributed by atoms with Gasteiger partial charge in [-0.25, -0.2) is 0 Å². The SMILES string of the molecule is COc1c(C(C)CO)ccc2c1CCCN2C. The van der Waals surface area contributed by atoms with Gasteiger partial charge in [0.15, 0.2) is 0 Å². The third kappa shape index (κ3) is 2.12. The Morgan fingerprint density at radius 3 is 2.88 bits per heavy atom. The Kier molecular flexibility index (Phi) is 3.57. The van der Waals surface area contributed by atoms with E-state index in [4.69, 9.17) is 4.74 Å². The van der Waals surface area contributed by atoms with Crippen molar-refractivity contribution in [2.45, 2.75) is 25.7 Å². The molecular weight excluding hydrogens is 214 g/mol. The summed E-state index contributed by atoms with van der Waals surface area (Å²) in [6.45, 7) is 3.28. The monoisotopic (exact) mass is 235 g/mol. The Balaban J connectivity index is 2.51. The second-order valence-corrected chi connectivity index (χ2v) is 4.79. The molecule has 1 atom stereocenters. The van der Waals surface area contributed by atoms with Gasteiger partial charge in [0.25, 0.3) is 0 Å². The lowest BCUT2D eigenvalue weighted by Crippen LogP contribution is -2.25. The highest BCUT2D eigenvalue weighted by atomic mass is 16.5. The summed E-state index contributed by atoms with van der Waals surface area (Å²) in [7, 11) is 3.84. The molecule has 1 aromatic rings. The van der Waals surface area contributed by atoms with Gasteiger partial charge in [0, 0.05) is 37.4 Å². The Labute approximate surface area is 103 Å². The summed E-state index contributed by atoms with van der Waals surface area (Å²) >= 11 is 0. The molecule has 0 amide bonds. The summed E-state index contributed by atoms with van der Waals surface area (Å²) in [6, 6.07) is 4.23. The number of aliphatic hydroxyl groups excluding tert-OH is 1. The van der Waals surface area contributed by atoms with Crippen LogP contribution in [0.3, 0.4) is 0 Å². The number of anilines is 1. The molecule has 1 heterocycles. The predicted molar refractivity (Wildman–Crippen MR) is 70.1 cm³/mol. The van der Waals surface area contributed by atoms with Gasteiger partial charge >= 0.3 is 0 Å². The average Bonchev–Trinajstić information content (AvgIpc) is 2.37. The van der Waals surface area contributed by atoms with Crippen molar-refractivity contribution in [2.75, 3.05) is 32.2 Å². The van der Waals surface area contributed by atoms with E-state index in [2.05, 4.69) is 24.1 Å². The Morgan fingerprint density at radius 2 is 2.24 bits per heavy atom. The number of hydrogen-bond donors (Lipinski definition) is 1. The van der Waals surface area contributed by atoms with Gasteiger partial charge in [-0.1, -0.05) is 13.0 Å². The first-order chi connectivity index (χ1) is 8.19. The van der Waals surface area contributed by atoms with Gasteiger partial charge < -0.3 is 14.7 Å². The van der Waals surface area contributed by atoms with E-state index in [1.54, 1.807) is 7.11 Å². The van der Waals surface area contributed by atoms with E-state index in [1.165, 1.54) is 11.3 Å². The standard InChI is InChI=1S/C14H21NO2/c1-10(9-16)11-6-7-13-12(14(11)17-3)5-4-8-15(13)2/h6-7,10,16H,4-5,8-9H2,1-3H3. The van der Waals surface area contributed by atoms with Crippen LogP contribution >= 0.6 is 0 Å². The number of methoxy groups -OCH3 is 1. The molecule has 3 heteroatoms. The highest BCUT2D eigenvalue weighted by Crippen LogP contribution is 2.38. The molecule has 0 spiro atoms. The molecule has 94 valence electrons. The molecule has 0 radical (unpaired) electrons. The molecule has 1 aliphatic rings. The number of nitrogens with zero attached hydrogens (tertiary/aromatic N) is 1. The molecule has 1 aromatic carbocycles. The van der Waals surface area contributed by atoms with Crippen molar-refractivity contribution < 1.29 is 9.84 Å². The fourth-order valence-corrected chi connectivity index (χ4v) is 2.58. The molecule has 17 heavy (non-hydrogen) atoms. The third-order valence-corrected chi connectivity index (χ3v) is 3.61. The van der Waals surface area contributed by atoms with Crippen LogP contribution in [-0.2, 0) is 6.42 Å². The van der Waals surface area contributed by atoms with Gasteiger partial charge in [-0.2, -0.15) is 0 Å². The van der Waals surface area contributed by atoms with E-state index < -0.39 is 0 Å². The van der Waals surface area contributed by atoms with Gasteiger partial charge in [0.1, 0.15) is 5.75 Å². The van der Waals surface area contributed by atoms with Crippen molar-refractivity contribution in [3.05, 3.63) is 23.3 Å². The summed E-state index contributed by atoms with van der Waals surface area (Å²) in [5, 5.41) is 9.30. The molecule has 0 aliphatic carbocycles. The Hall–Kier alpha value is -1.22. The molecule has 1 aliphatic heterocycles. The highest BCUT2D eigenvalue weighted by Gasteiger charge is 2.22. The van der Waals surface area contributed by atoms with Crippen LogP contribution in [0.5, 0.6) is 5.75 Å². The minimum absolute atomic E-state index is 0.127. The highest BCUT2D eigenvalue weighted by molar-refractivity contribution is 5.63. The third-order valence-electron chi connectivity index (χ3n) is 3.61. The topological polar surface area (TPSA) is 32.7 Å². The number of fused-ring (bicyclic) bond motifs is 1. The van der Waals surface area contributed by atoms with Crippen molar-refractivity contribution >= 4 is 5.69 Å². The Bertz CT molecular complexity index is 403. The van der Waals surface area contributed by atoms with Crippen LogP contribution in [0.25, 0.3) is 0 Å². The van der Waals surface area contributed by atoms with Crippen LogP contribution in [0.4, 0.5) is 5.69 Å². The van der Waals surface area contributed by atoms with Gasteiger partial charge in [-0.3, -0.25) is 0 Å². The number of hydrogen-bond acceptors (Lipinski definition) is 3. The zero-order chi connectivity index (χ0) is 12.4. The van der Waals surface area contributed by atoms with E-state index in [1.807, 2.05) is 6.92 Å². The number of ether oxygens (including phenoxy) is 1. The molecule has 0 saturated heterocycles. The molecule has 1 N–H and O–H groups in total. The molecule has 0 bridgehead atoms. The zero-order valence-corrected chi connectivity index (χ0v) is 10.9. The minimum Gasteiger partial charge on any atom is -0.496 e. The molecule has 2 rings (SSSR count). The van der Waals surface area contributed by atoms with Gasteiger partial charge in [0.2, 0.25) is 0 Å². The predicted octanol–water partition coefficient (Wildman–Crippen LogP) is 2.17. The van der Waals surface area contributed by atoms with Crippen LogP contribution in [0.1, 0.15) is 30.4 Å². The van der Waals surface area contributed by atoms with Crippen molar-refractivity contribution in [1.29, 1.82) is 0 Å². The first-order valence-electron chi connectivity index (χ1n) is 6.20. The quantitative estimate of drug-likeness (QED) is 0.871. The lowest BCUT2D eigenvalue weighted by Gasteiger charge is -2.30. The van der Waals surface area contributed by atoms with E-state index in [9.17, 15) is 5.11 Å². The van der Waals surface area contributed by atoms with Gasteiger partial charge in [-0.05, 0) is 24.5 Å². The second-order valence-electron chi connectivity index (χ2n) is 4.79. The van der Waals surface area contributed by atoms with Crippen LogP contribution in [0.15, 0.2) is 12.1 Å². The first-order valence-corrected chi connectivity index (χ1v) is 6.20. The largest absolute Gasteiger partial charge is 0.496 e. The second kappa shape index (κ2) is 4.96. The summed E-state index contributed by atoms with van der Waals surface area (Å²) in [6.07, 6.45) is 2.23. The van der Waals surface area contributed by atoms with Crippen LogP contribution in [0, 0.1) is 0 Å².